The van der Waals surface area contributed by atoms with Crippen LogP contribution in [0.2, 0.25) is 0 Å². The van der Waals surface area contributed by atoms with Crippen molar-refractivity contribution in [1.29, 1.82) is 0 Å². The van der Waals surface area contributed by atoms with Crippen LogP contribution in [-0.4, -0.2) is 26.8 Å². The molecule has 0 radical (unpaired) electrons. The van der Waals surface area contributed by atoms with Gasteiger partial charge in [0.2, 0.25) is 0 Å². The number of aromatic nitrogens is 2. The molecule has 5 aromatic rings. The van der Waals surface area contributed by atoms with E-state index in [2.05, 4.69) is 10.1 Å². The van der Waals surface area contributed by atoms with Gasteiger partial charge in [0.25, 0.3) is 11.2 Å². The van der Waals surface area contributed by atoms with Crippen LogP contribution in [0, 0.1) is 10.1 Å². The van der Waals surface area contributed by atoms with Crippen LogP contribution in [-0.2, 0) is 0 Å². The molecule has 0 atom stereocenters. The minimum Gasteiger partial charge on any atom is -0.422 e. The molecule has 37 heavy (non-hydrogen) atoms. The summed E-state index contributed by atoms with van der Waals surface area (Å²) >= 11 is 0. The zero-order valence-electron chi connectivity index (χ0n) is 19.2. The summed E-state index contributed by atoms with van der Waals surface area (Å²) in [4.78, 5) is 41.0. The maximum atomic E-state index is 13.3. The van der Waals surface area contributed by atoms with E-state index in [1.165, 1.54) is 35.2 Å². The number of rotatable bonds is 6. The third-order valence-electron chi connectivity index (χ3n) is 5.53. The Bertz CT molecular complexity index is 1710. The lowest BCUT2D eigenvalue weighted by Gasteiger charge is -2.10. The number of fused-ring (bicyclic) bond motifs is 1. The number of carbonyl (C=O) groups is 1. The van der Waals surface area contributed by atoms with Crippen LogP contribution in [0.4, 0.5) is 5.69 Å². The molecule has 9 heteroatoms. The molecule has 4 aromatic carbocycles. The minimum atomic E-state index is -0.690. The van der Waals surface area contributed by atoms with Crippen LogP contribution in [0.1, 0.15) is 15.9 Å². The number of benzene rings is 4. The molecule has 0 aliphatic rings. The molecule has 0 aliphatic heterocycles. The highest BCUT2D eigenvalue weighted by molar-refractivity contribution is 5.93. The molecule has 0 unspecified atom stereocenters. The van der Waals surface area contributed by atoms with Crippen molar-refractivity contribution >= 4 is 28.8 Å². The third-order valence-corrected chi connectivity index (χ3v) is 5.53. The minimum absolute atomic E-state index is 0.132. The zero-order chi connectivity index (χ0) is 25.8. The highest BCUT2D eigenvalue weighted by Crippen LogP contribution is 2.21. The van der Waals surface area contributed by atoms with Crippen molar-refractivity contribution in [3.05, 3.63) is 135 Å². The van der Waals surface area contributed by atoms with Gasteiger partial charge in [-0.1, -0.05) is 54.6 Å². The summed E-state index contributed by atoms with van der Waals surface area (Å²) in [6, 6.07) is 28.1. The summed E-state index contributed by atoms with van der Waals surface area (Å²) in [5.41, 5.74) is 1.37. The first-order chi connectivity index (χ1) is 18.0. The molecule has 0 aliphatic carbocycles. The highest BCUT2D eigenvalue weighted by atomic mass is 16.6. The smallest absolute Gasteiger partial charge is 0.343 e. The van der Waals surface area contributed by atoms with E-state index in [0.717, 1.165) is 0 Å². The molecular formula is C28H18N4O5. The molecule has 180 valence electrons. The lowest BCUT2D eigenvalue weighted by Crippen LogP contribution is -2.20. The van der Waals surface area contributed by atoms with Gasteiger partial charge in [0.05, 0.1) is 27.6 Å². The predicted octanol–water partition coefficient (Wildman–Crippen LogP) is 5.07. The number of ether oxygens (including phenoxy) is 1. The van der Waals surface area contributed by atoms with Gasteiger partial charge in [-0.05, 0) is 36.4 Å². The van der Waals surface area contributed by atoms with Gasteiger partial charge in [0, 0.05) is 23.3 Å². The van der Waals surface area contributed by atoms with Crippen molar-refractivity contribution in [2.24, 2.45) is 5.10 Å². The molecule has 1 heterocycles. The quantitative estimate of drug-likeness (QED) is 0.108. The summed E-state index contributed by atoms with van der Waals surface area (Å²) in [7, 11) is 0. The fourth-order valence-corrected chi connectivity index (χ4v) is 3.68. The zero-order valence-corrected chi connectivity index (χ0v) is 19.2. The maximum Gasteiger partial charge on any atom is 0.343 e. The second kappa shape index (κ2) is 10.0. The van der Waals surface area contributed by atoms with E-state index < -0.39 is 10.9 Å². The summed E-state index contributed by atoms with van der Waals surface area (Å²) in [6.45, 7) is 0. The Labute approximate surface area is 210 Å². The van der Waals surface area contributed by atoms with Crippen LogP contribution in [0.5, 0.6) is 5.75 Å². The van der Waals surface area contributed by atoms with Crippen LogP contribution in [0.15, 0.2) is 113 Å². The van der Waals surface area contributed by atoms with Crippen molar-refractivity contribution in [1.82, 2.24) is 9.66 Å². The molecule has 0 N–H and O–H groups in total. The first-order valence-corrected chi connectivity index (χ1v) is 11.2. The van der Waals surface area contributed by atoms with Gasteiger partial charge in [-0.3, -0.25) is 14.9 Å². The second-order valence-electron chi connectivity index (χ2n) is 7.91. The molecule has 0 fully saturated rings. The van der Waals surface area contributed by atoms with Gasteiger partial charge in [-0.25, -0.2) is 9.78 Å². The van der Waals surface area contributed by atoms with E-state index in [1.807, 2.05) is 36.4 Å². The van der Waals surface area contributed by atoms with E-state index in [1.54, 1.807) is 42.5 Å². The van der Waals surface area contributed by atoms with Crippen LogP contribution in [0.3, 0.4) is 0 Å². The summed E-state index contributed by atoms with van der Waals surface area (Å²) in [5.74, 6) is -0.121. The van der Waals surface area contributed by atoms with Gasteiger partial charge in [-0.15, -0.1) is 0 Å². The third kappa shape index (κ3) is 4.87. The molecule has 5 rings (SSSR count). The Balaban J connectivity index is 1.52. The average molecular weight is 490 g/mol. The van der Waals surface area contributed by atoms with Crippen LogP contribution in [0.25, 0.3) is 22.3 Å². The molecule has 0 saturated heterocycles. The monoisotopic (exact) mass is 490 g/mol. The van der Waals surface area contributed by atoms with Crippen LogP contribution < -0.4 is 10.3 Å². The molecule has 9 nitrogen and oxygen atoms in total. The lowest BCUT2D eigenvalue weighted by molar-refractivity contribution is -0.384. The van der Waals surface area contributed by atoms with Crippen molar-refractivity contribution < 1.29 is 14.5 Å². The molecule has 0 amide bonds. The highest BCUT2D eigenvalue weighted by Gasteiger charge is 2.15. The van der Waals surface area contributed by atoms with Crippen molar-refractivity contribution in [2.45, 2.75) is 0 Å². The van der Waals surface area contributed by atoms with Gasteiger partial charge in [0.15, 0.2) is 5.82 Å². The Hall–Kier alpha value is -5.44. The standard InChI is InChI=1S/C28H18N4O5/c33-27-23-11-5-6-12-24(23)30-26(19-8-2-1-3-9-19)31(27)29-18-21-10-4-7-13-25(21)37-28(34)20-14-16-22(17-15-20)32(35)36/h1-18H. The Morgan fingerprint density at radius 1 is 0.892 bits per heavy atom. The van der Waals surface area contributed by atoms with Gasteiger partial charge in [-0.2, -0.15) is 9.78 Å². The maximum absolute atomic E-state index is 13.3. The lowest BCUT2D eigenvalue weighted by atomic mass is 10.2. The molecule has 0 spiro atoms. The molecule has 0 saturated carbocycles. The summed E-state index contributed by atoms with van der Waals surface area (Å²) in [6.07, 6.45) is 1.42. The molecular weight excluding hydrogens is 472 g/mol. The number of hydrogen-bond donors (Lipinski definition) is 0. The predicted molar refractivity (Wildman–Crippen MR) is 139 cm³/mol. The first-order valence-electron chi connectivity index (χ1n) is 11.2. The van der Waals surface area contributed by atoms with E-state index in [-0.39, 0.29) is 22.6 Å². The van der Waals surface area contributed by atoms with E-state index >= 15 is 0 Å². The Morgan fingerprint density at radius 3 is 2.32 bits per heavy atom. The number of nitrogens with zero attached hydrogens (tertiary/aromatic N) is 4. The van der Waals surface area contributed by atoms with E-state index in [4.69, 9.17) is 4.74 Å². The van der Waals surface area contributed by atoms with Crippen molar-refractivity contribution in [2.75, 3.05) is 0 Å². The largest absolute Gasteiger partial charge is 0.422 e. The second-order valence-corrected chi connectivity index (χ2v) is 7.91. The van der Waals surface area contributed by atoms with Gasteiger partial charge >= 0.3 is 5.97 Å². The number of nitro benzene ring substituents is 1. The van der Waals surface area contributed by atoms with Gasteiger partial charge < -0.3 is 4.74 Å². The van der Waals surface area contributed by atoms with Crippen molar-refractivity contribution in [3.8, 4) is 17.1 Å². The van der Waals surface area contributed by atoms with Gasteiger partial charge in [0.1, 0.15) is 5.75 Å². The Morgan fingerprint density at radius 2 is 1.57 bits per heavy atom. The number of carbonyl (C=O) groups excluding carboxylic acids is 1. The van der Waals surface area contributed by atoms with E-state index in [9.17, 15) is 19.7 Å². The van der Waals surface area contributed by atoms with Crippen molar-refractivity contribution in [3.63, 3.8) is 0 Å². The van der Waals surface area contributed by atoms with Crippen LogP contribution >= 0.6 is 0 Å². The fourth-order valence-electron chi connectivity index (χ4n) is 3.68. The average Bonchev–Trinajstić information content (AvgIpc) is 2.93. The normalized spacial score (nSPS) is 11.0. The summed E-state index contributed by atoms with van der Waals surface area (Å²) < 4.78 is 6.75. The number of hydrogen-bond acceptors (Lipinski definition) is 7. The fraction of sp³-hybridized carbons (Fsp3) is 0. The summed E-state index contributed by atoms with van der Waals surface area (Å²) in [5, 5.41) is 15.7. The number of nitro groups is 1. The van der Waals surface area contributed by atoms with E-state index in [0.29, 0.717) is 27.9 Å². The Kier molecular flexibility index (Phi) is 6.33. The first kappa shape index (κ1) is 23.3. The SMILES string of the molecule is O=C(Oc1ccccc1C=Nn1c(-c2ccccc2)nc2ccccc2c1=O)c1ccc([N+](=O)[O-])cc1. The number of para-hydroxylation sites is 2. The number of esters is 1. The molecule has 1 aromatic heterocycles. The topological polar surface area (TPSA) is 117 Å². The number of non-ortho nitro benzene ring substituents is 1. The molecule has 0 bridgehead atoms.